The van der Waals surface area contributed by atoms with Gasteiger partial charge in [-0.1, -0.05) is 0 Å². The first-order valence-corrected chi connectivity index (χ1v) is 3.66. The van der Waals surface area contributed by atoms with Gasteiger partial charge >= 0.3 is 0 Å². The van der Waals surface area contributed by atoms with Crippen LogP contribution in [0.15, 0.2) is 0 Å². The first-order valence-electron chi connectivity index (χ1n) is 3.66. The summed E-state index contributed by atoms with van der Waals surface area (Å²) < 4.78 is 10.5. The summed E-state index contributed by atoms with van der Waals surface area (Å²) in [7, 11) is 0. The van der Waals surface area contributed by atoms with E-state index in [1.165, 1.54) is 12.8 Å². The fourth-order valence-corrected chi connectivity index (χ4v) is 1.39. The molecule has 2 atom stereocenters. The zero-order valence-corrected chi connectivity index (χ0v) is 5.51. The normalized spacial score (nSPS) is 42.7. The van der Waals surface area contributed by atoms with Crippen molar-refractivity contribution in [3.63, 3.8) is 0 Å². The molecule has 0 saturated carbocycles. The Balaban J connectivity index is 1.80. The Hall–Kier alpha value is -0.0800. The Bertz CT molecular complexity index is 93.1. The quantitative estimate of drug-likeness (QED) is 0.487. The molecule has 0 spiro atoms. The molecule has 0 aromatic heterocycles. The van der Waals surface area contributed by atoms with Gasteiger partial charge in [-0.05, 0) is 12.8 Å². The van der Waals surface area contributed by atoms with Crippen molar-refractivity contribution in [3.05, 3.63) is 0 Å². The van der Waals surface area contributed by atoms with E-state index in [0.29, 0.717) is 6.10 Å². The van der Waals surface area contributed by atoms with E-state index in [-0.39, 0.29) is 0 Å². The topological polar surface area (TPSA) is 21.8 Å². The molecule has 9 heavy (non-hydrogen) atoms. The maximum atomic E-state index is 5.30. The summed E-state index contributed by atoms with van der Waals surface area (Å²) in [5, 5.41) is 0. The van der Waals surface area contributed by atoms with Crippen molar-refractivity contribution in [2.24, 2.45) is 5.92 Å². The van der Waals surface area contributed by atoms with Gasteiger partial charge < -0.3 is 9.47 Å². The molecule has 2 aliphatic rings. The Labute approximate surface area is 55.1 Å². The number of hydrogen-bond donors (Lipinski definition) is 0. The molecule has 52 valence electrons. The largest absolute Gasteiger partial charge is 0.381 e. The van der Waals surface area contributed by atoms with E-state index in [9.17, 15) is 0 Å². The third-order valence-electron chi connectivity index (χ3n) is 2.08. The van der Waals surface area contributed by atoms with Crippen LogP contribution in [0.25, 0.3) is 0 Å². The van der Waals surface area contributed by atoms with Gasteiger partial charge in [0.2, 0.25) is 0 Å². The second-order valence-corrected chi connectivity index (χ2v) is 2.85. The van der Waals surface area contributed by atoms with Crippen LogP contribution in [-0.2, 0) is 9.47 Å². The van der Waals surface area contributed by atoms with Crippen LogP contribution in [0, 0.1) is 5.92 Å². The fraction of sp³-hybridized carbons (Fsp3) is 1.00. The second-order valence-electron chi connectivity index (χ2n) is 2.85. The van der Waals surface area contributed by atoms with E-state index in [4.69, 9.17) is 9.47 Å². The lowest BCUT2D eigenvalue weighted by Gasteiger charge is -2.19. The summed E-state index contributed by atoms with van der Waals surface area (Å²) in [6.45, 7) is 2.88. The van der Waals surface area contributed by atoms with Gasteiger partial charge in [-0.25, -0.2) is 0 Å². The lowest BCUT2D eigenvalue weighted by molar-refractivity contribution is 0.0436. The Morgan fingerprint density at radius 1 is 1.22 bits per heavy atom. The summed E-state index contributed by atoms with van der Waals surface area (Å²) in [4.78, 5) is 0. The zero-order valence-electron chi connectivity index (χ0n) is 5.51. The average Bonchev–Trinajstić information content (AvgIpc) is 2.71. The monoisotopic (exact) mass is 128 g/mol. The molecule has 0 aromatic carbocycles. The molecule has 0 N–H and O–H groups in total. The van der Waals surface area contributed by atoms with E-state index in [0.717, 1.165) is 25.7 Å². The van der Waals surface area contributed by atoms with Crippen molar-refractivity contribution in [1.29, 1.82) is 0 Å². The molecule has 0 aromatic rings. The molecule has 2 fully saturated rings. The van der Waals surface area contributed by atoms with Crippen LogP contribution >= 0.6 is 0 Å². The lowest BCUT2D eigenvalue weighted by atomic mass is 9.99. The summed E-state index contributed by atoms with van der Waals surface area (Å²) in [6, 6.07) is 0. The van der Waals surface area contributed by atoms with Crippen molar-refractivity contribution in [1.82, 2.24) is 0 Å². The molecule has 0 bridgehead atoms. The van der Waals surface area contributed by atoms with Crippen molar-refractivity contribution >= 4 is 0 Å². The van der Waals surface area contributed by atoms with Crippen molar-refractivity contribution in [2.45, 2.75) is 18.9 Å². The van der Waals surface area contributed by atoms with E-state index in [2.05, 4.69) is 0 Å². The molecule has 2 nitrogen and oxygen atoms in total. The van der Waals surface area contributed by atoms with Gasteiger partial charge in [0.25, 0.3) is 0 Å². The van der Waals surface area contributed by atoms with E-state index < -0.39 is 0 Å². The summed E-state index contributed by atoms with van der Waals surface area (Å²) in [5.74, 6) is 0.721. The van der Waals surface area contributed by atoms with Crippen molar-refractivity contribution in [2.75, 3.05) is 19.8 Å². The van der Waals surface area contributed by atoms with Crippen LogP contribution in [0.2, 0.25) is 0 Å². The van der Waals surface area contributed by atoms with Crippen LogP contribution in [0.4, 0.5) is 0 Å². The standard InChI is InChI=1S/C7H12O2/c1-2-6(4-8-3-1)7-5-9-7/h6-7H,1-5H2. The van der Waals surface area contributed by atoms with E-state index in [1.54, 1.807) is 0 Å². The molecule has 2 aliphatic heterocycles. The summed E-state index contributed by atoms with van der Waals surface area (Å²) in [6.07, 6.45) is 3.10. The van der Waals surface area contributed by atoms with Gasteiger partial charge in [0.05, 0.1) is 19.3 Å². The van der Waals surface area contributed by atoms with Gasteiger partial charge in [-0.15, -0.1) is 0 Å². The lowest BCUT2D eigenvalue weighted by Crippen LogP contribution is -2.21. The van der Waals surface area contributed by atoms with Gasteiger partial charge in [-0.2, -0.15) is 0 Å². The molecule has 0 amide bonds. The van der Waals surface area contributed by atoms with Gasteiger partial charge in [-0.3, -0.25) is 0 Å². The predicted octanol–water partition coefficient (Wildman–Crippen LogP) is 0.812. The number of hydrogen-bond acceptors (Lipinski definition) is 2. The Kier molecular flexibility index (Phi) is 1.44. The van der Waals surface area contributed by atoms with Crippen LogP contribution < -0.4 is 0 Å². The minimum Gasteiger partial charge on any atom is -0.381 e. The molecule has 2 heterocycles. The highest BCUT2D eigenvalue weighted by atomic mass is 16.6. The average molecular weight is 128 g/mol. The third-order valence-corrected chi connectivity index (χ3v) is 2.08. The molecule has 2 unspecified atom stereocenters. The molecular formula is C7H12O2. The van der Waals surface area contributed by atoms with Crippen LogP contribution in [0.1, 0.15) is 12.8 Å². The highest BCUT2D eigenvalue weighted by Crippen LogP contribution is 2.26. The SMILES string of the molecule is C1COCC(C2CO2)C1. The molecule has 0 radical (unpaired) electrons. The zero-order chi connectivity index (χ0) is 6.10. The first kappa shape index (κ1) is 5.69. The number of ether oxygens (including phenoxy) is 2. The first-order chi connectivity index (χ1) is 4.47. The Morgan fingerprint density at radius 2 is 2.11 bits per heavy atom. The molecule has 2 rings (SSSR count). The van der Waals surface area contributed by atoms with Crippen molar-refractivity contribution < 1.29 is 9.47 Å². The van der Waals surface area contributed by atoms with E-state index >= 15 is 0 Å². The predicted molar refractivity (Wildman–Crippen MR) is 33.3 cm³/mol. The molecular weight excluding hydrogens is 116 g/mol. The minimum atomic E-state index is 0.560. The van der Waals surface area contributed by atoms with Crippen LogP contribution in [0.3, 0.4) is 0 Å². The molecule has 2 saturated heterocycles. The third kappa shape index (κ3) is 1.25. The molecule has 2 heteroatoms. The highest BCUT2D eigenvalue weighted by molar-refractivity contribution is 4.80. The Morgan fingerprint density at radius 3 is 2.67 bits per heavy atom. The van der Waals surface area contributed by atoms with Gasteiger partial charge in [0, 0.05) is 12.5 Å². The van der Waals surface area contributed by atoms with Gasteiger partial charge in [0.1, 0.15) is 0 Å². The summed E-state index contributed by atoms with van der Waals surface area (Å²) >= 11 is 0. The number of epoxide rings is 1. The smallest absolute Gasteiger partial charge is 0.0860 e. The van der Waals surface area contributed by atoms with Crippen molar-refractivity contribution in [3.8, 4) is 0 Å². The fourth-order valence-electron chi connectivity index (χ4n) is 1.39. The van der Waals surface area contributed by atoms with Crippen LogP contribution in [-0.4, -0.2) is 25.9 Å². The van der Waals surface area contributed by atoms with Gasteiger partial charge in [0.15, 0.2) is 0 Å². The maximum absolute atomic E-state index is 5.30. The highest BCUT2D eigenvalue weighted by Gasteiger charge is 2.33. The number of rotatable bonds is 1. The van der Waals surface area contributed by atoms with Crippen LogP contribution in [0.5, 0.6) is 0 Å². The second kappa shape index (κ2) is 2.27. The maximum Gasteiger partial charge on any atom is 0.0860 e. The minimum absolute atomic E-state index is 0.560. The molecule has 0 aliphatic carbocycles. The summed E-state index contributed by atoms with van der Waals surface area (Å²) in [5.41, 5.74) is 0. The van der Waals surface area contributed by atoms with E-state index in [1.807, 2.05) is 0 Å².